The molecule has 0 aliphatic heterocycles. The van der Waals surface area contributed by atoms with Gasteiger partial charge in [-0.2, -0.15) is 5.26 Å². The van der Waals surface area contributed by atoms with Gasteiger partial charge in [-0.05, 0) is 31.2 Å². The van der Waals surface area contributed by atoms with Crippen LogP contribution in [0.15, 0.2) is 24.3 Å². The van der Waals surface area contributed by atoms with E-state index in [0.29, 0.717) is 11.3 Å². The first kappa shape index (κ1) is 16.4. The van der Waals surface area contributed by atoms with Crippen molar-refractivity contribution < 1.29 is 20.1 Å². The molecule has 0 heterocycles. The monoisotopic (exact) mass is 280 g/mol. The molecule has 0 aliphatic carbocycles. The fourth-order valence-corrected chi connectivity index (χ4v) is 1.44. The van der Waals surface area contributed by atoms with Crippen LogP contribution in [0.5, 0.6) is 5.75 Å². The normalized spacial score (nSPS) is 15.2. The number of nitriles is 1. The van der Waals surface area contributed by atoms with E-state index >= 15 is 0 Å². The fourth-order valence-electron chi connectivity index (χ4n) is 1.44. The maximum absolute atomic E-state index is 9.70. The van der Waals surface area contributed by atoms with E-state index < -0.39 is 11.7 Å². The predicted molar refractivity (Wildman–Crippen MR) is 73.2 cm³/mol. The molecule has 6 nitrogen and oxygen atoms in total. The minimum absolute atomic E-state index is 0.0974. The highest BCUT2D eigenvalue weighted by atomic mass is 16.5. The molecule has 0 saturated heterocycles. The van der Waals surface area contributed by atoms with Crippen molar-refractivity contribution in [3.8, 4) is 11.8 Å². The van der Waals surface area contributed by atoms with E-state index in [4.69, 9.17) is 15.1 Å². The zero-order valence-corrected chi connectivity index (χ0v) is 11.4. The third kappa shape index (κ3) is 5.99. The lowest BCUT2D eigenvalue weighted by Gasteiger charge is -2.21. The quantitative estimate of drug-likeness (QED) is 0.518. The van der Waals surface area contributed by atoms with Crippen molar-refractivity contribution in [1.29, 1.82) is 5.26 Å². The molecule has 1 rings (SSSR count). The Morgan fingerprint density at radius 1 is 1.40 bits per heavy atom. The summed E-state index contributed by atoms with van der Waals surface area (Å²) < 4.78 is 5.36. The summed E-state index contributed by atoms with van der Waals surface area (Å²) in [5.74, 6) is 0.574. The Morgan fingerprint density at radius 3 is 2.60 bits per heavy atom. The summed E-state index contributed by atoms with van der Waals surface area (Å²) in [5, 5.41) is 39.6. The molecule has 0 saturated carbocycles. The minimum Gasteiger partial charge on any atom is -0.491 e. The molecule has 0 fully saturated rings. The van der Waals surface area contributed by atoms with Gasteiger partial charge in [-0.1, -0.05) is 0 Å². The largest absolute Gasteiger partial charge is 0.491 e. The Hall–Kier alpha value is -1.65. The van der Waals surface area contributed by atoms with Crippen LogP contribution in [0.3, 0.4) is 0 Å². The van der Waals surface area contributed by atoms with Crippen LogP contribution in [0.4, 0.5) is 0 Å². The topological polar surface area (TPSA) is 106 Å². The predicted octanol–water partition coefficient (Wildman–Crippen LogP) is -0.369. The Kier molecular flexibility index (Phi) is 6.42. The molecule has 0 aliphatic rings. The number of nitrogens with one attached hydrogen (secondary N) is 1. The molecule has 0 spiro atoms. The van der Waals surface area contributed by atoms with Crippen LogP contribution < -0.4 is 10.1 Å². The van der Waals surface area contributed by atoms with Crippen LogP contribution in [-0.4, -0.2) is 53.3 Å². The summed E-state index contributed by atoms with van der Waals surface area (Å²) in [6.07, 6.45) is -0.736. The second kappa shape index (κ2) is 7.82. The van der Waals surface area contributed by atoms with Gasteiger partial charge in [-0.15, -0.1) is 0 Å². The minimum atomic E-state index is -1.20. The number of aliphatic hydroxyl groups is 3. The summed E-state index contributed by atoms with van der Waals surface area (Å²) in [5.41, 5.74) is -0.654. The third-order valence-corrected chi connectivity index (χ3v) is 2.65. The number of nitrogens with zero attached hydrogens (tertiary/aromatic N) is 1. The second-order valence-electron chi connectivity index (χ2n) is 4.89. The highest BCUT2D eigenvalue weighted by Gasteiger charge is 2.18. The van der Waals surface area contributed by atoms with Crippen molar-refractivity contribution in [2.24, 2.45) is 0 Å². The van der Waals surface area contributed by atoms with E-state index in [0.717, 1.165) is 0 Å². The van der Waals surface area contributed by atoms with E-state index in [1.54, 1.807) is 24.3 Å². The average Bonchev–Trinajstić information content (AvgIpc) is 2.45. The molecule has 0 radical (unpaired) electrons. The molecule has 0 amide bonds. The van der Waals surface area contributed by atoms with Crippen LogP contribution in [0.1, 0.15) is 12.5 Å². The van der Waals surface area contributed by atoms with Gasteiger partial charge in [0, 0.05) is 13.1 Å². The van der Waals surface area contributed by atoms with E-state index in [1.165, 1.54) is 6.92 Å². The summed E-state index contributed by atoms with van der Waals surface area (Å²) in [7, 11) is 0. The lowest BCUT2D eigenvalue weighted by Crippen LogP contribution is -2.44. The molecular weight excluding hydrogens is 260 g/mol. The van der Waals surface area contributed by atoms with Crippen LogP contribution in [0, 0.1) is 11.3 Å². The van der Waals surface area contributed by atoms with E-state index in [9.17, 15) is 10.2 Å². The molecule has 2 atom stereocenters. The molecule has 0 aromatic heterocycles. The number of benzene rings is 1. The Bertz CT molecular complexity index is 439. The molecule has 2 unspecified atom stereocenters. The molecule has 4 N–H and O–H groups in total. The molecule has 1 aromatic carbocycles. The number of ether oxygens (including phenoxy) is 1. The number of rotatable bonds is 8. The van der Waals surface area contributed by atoms with Crippen molar-refractivity contribution in [3.63, 3.8) is 0 Å². The first-order chi connectivity index (χ1) is 9.46. The van der Waals surface area contributed by atoms with Gasteiger partial charge in [0.2, 0.25) is 0 Å². The van der Waals surface area contributed by atoms with Crippen molar-refractivity contribution in [3.05, 3.63) is 29.8 Å². The van der Waals surface area contributed by atoms with Crippen molar-refractivity contribution in [2.75, 3.05) is 26.3 Å². The van der Waals surface area contributed by atoms with Gasteiger partial charge in [0.1, 0.15) is 18.5 Å². The van der Waals surface area contributed by atoms with E-state index in [2.05, 4.69) is 5.32 Å². The molecule has 1 aromatic rings. The maximum atomic E-state index is 9.70. The van der Waals surface area contributed by atoms with Crippen LogP contribution in [0.2, 0.25) is 0 Å². The van der Waals surface area contributed by atoms with Gasteiger partial charge in [0.15, 0.2) is 0 Å². The van der Waals surface area contributed by atoms with Crippen molar-refractivity contribution in [1.82, 2.24) is 5.32 Å². The molecular formula is C14H20N2O4. The lowest BCUT2D eigenvalue weighted by molar-refractivity contribution is -0.000325. The Balaban J connectivity index is 2.25. The zero-order chi connectivity index (χ0) is 15.0. The third-order valence-electron chi connectivity index (χ3n) is 2.65. The van der Waals surface area contributed by atoms with Gasteiger partial charge in [0.05, 0.1) is 23.8 Å². The average molecular weight is 280 g/mol. The fraction of sp³-hybridized carbons (Fsp3) is 0.500. The van der Waals surface area contributed by atoms with E-state index in [1.807, 2.05) is 6.07 Å². The molecule has 20 heavy (non-hydrogen) atoms. The Labute approximate surface area is 118 Å². The van der Waals surface area contributed by atoms with E-state index in [-0.39, 0.29) is 26.3 Å². The van der Waals surface area contributed by atoms with Gasteiger partial charge >= 0.3 is 0 Å². The maximum Gasteiger partial charge on any atom is 0.119 e. The number of hydrogen-bond donors (Lipinski definition) is 4. The first-order valence-corrected chi connectivity index (χ1v) is 6.32. The lowest BCUT2D eigenvalue weighted by atomic mass is 10.1. The van der Waals surface area contributed by atoms with Gasteiger partial charge in [0.25, 0.3) is 0 Å². The zero-order valence-electron chi connectivity index (χ0n) is 11.4. The summed E-state index contributed by atoms with van der Waals surface area (Å²) >= 11 is 0. The highest BCUT2D eigenvalue weighted by molar-refractivity contribution is 5.34. The Morgan fingerprint density at radius 2 is 2.05 bits per heavy atom. The SMILES string of the molecule is CC(O)(CO)CNCC(O)COc1ccc(C#N)cc1. The second-order valence-corrected chi connectivity index (χ2v) is 4.89. The van der Waals surface area contributed by atoms with Crippen LogP contribution >= 0.6 is 0 Å². The number of hydrogen-bond acceptors (Lipinski definition) is 6. The van der Waals surface area contributed by atoms with Crippen molar-refractivity contribution in [2.45, 2.75) is 18.6 Å². The van der Waals surface area contributed by atoms with Crippen molar-refractivity contribution >= 4 is 0 Å². The smallest absolute Gasteiger partial charge is 0.119 e. The van der Waals surface area contributed by atoms with Gasteiger partial charge in [-0.25, -0.2) is 0 Å². The summed E-state index contributed by atoms with van der Waals surface area (Å²) in [4.78, 5) is 0. The first-order valence-electron chi connectivity index (χ1n) is 6.32. The summed E-state index contributed by atoms with van der Waals surface area (Å²) in [6.45, 7) is 1.67. The number of aliphatic hydroxyl groups excluding tert-OH is 2. The van der Waals surface area contributed by atoms with Gasteiger partial charge in [-0.3, -0.25) is 0 Å². The molecule has 0 bridgehead atoms. The molecule has 110 valence electrons. The molecule has 6 heteroatoms. The van der Waals surface area contributed by atoms with Crippen LogP contribution in [0.25, 0.3) is 0 Å². The highest BCUT2D eigenvalue weighted by Crippen LogP contribution is 2.11. The van der Waals surface area contributed by atoms with Crippen LogP contribution in [-0.2, 0) is 0 Å². The van der Waals surface area contributed by atoms with Gasteiger partial charge < -0.3 is 25.4 Å². The summed E-state index contributed by atoms with van der Waals surface area (Å²) in [6, 6.07) is 8.61. The standard InChI is InChI=1S/C14H20N2O4/c1-14(19,10-17)9-16-7-12(18)8-20-13-4-2-11(6-15)3-5-13/h2-5,12,16-19H,7-10H2,1H3.